The summed E-state index contributed by atoms with van der Waals surface area (Å²) in [5.41, 5.74) is 2.25. The van der Waals surface area contributed by atoms with Gasteiger partial charge in [0.1, 0.15) is 0 Å². The van der Waals surface area contributed by atoms with Crippen LogP contribution in [0.2, 0.25) is 5.02 Å². The molecular formula is C17H12ClN3O3. The summed E-state index contributed by atoms with van der Waals surface area (Å²) in [7, 11) is 0. The van der Waals surface area contributed by atoms with Crippen LogP contribution in [-0.2, 0) is 13.0 Å². The molecule has 0 saturated heterocycles. The Morgan fingerprint density at radius 2 is 1.88 bits per heavy atom. The first-order valence-corrected chi connectivity index (χ1v) is 7.71. The highest BCUT2D eigenvalue weighted by Gasteiger charge is 2.13. The molecule has 6 nitrogen and oxygen atoms in total. The van der Waals surface area contributed by atoms with E-state index in [2.05, 4.69) is 10.1 Å². The lowest BCUT2D eigenvalue weighted by Gasteiger charge is -1.97. The highest BCUT2D eigenvalue weighted by atomic mass is 35.5. The molecule has 24 heavy (non-hydrogen) atoms. The maximum absolute atomic E-state index is 12.0. The predicted molar refractivity (Wildman–Crippen MR) is 88.1 cm³/mol. The first-order valence-electron chi connectivity index (χ1n) is 7.33. The van der Waals surface area contributed by atoms with E-state index in [0.29, 0.717) is 34.3 Å². The first-order chi connectivity index (χ1) is 11.7. The molecule has 4 aromatic rings. The minimum atomic E-state index is -0.444. The summed E-state index contributed by atoms with van der Waals surface area (Å²) in [4.78, 5) is 16.3. The second-order valence-electron chi connectivity index (χ2n) is 5.33. The van der Waals surface area contributed by atoms with E-state index in [0.717, 1.165) is 5.56 Å². The van der Waals surface area contributed by atoms with Gasteiger partial charge < -0.3 is 8.94 Å². The molecule has 0 saturated carbocycles. The Kier molecular flexibility index (Phi) is 3.66. The zero-order chi connectivity index (χ0) is 16.5. The van der Waals surface area contributed by atoms with Gasteiger partial charge in [-0.05, 0) is 29.8 Å². The van der Waals surface area contributed by atoms with Crippen molar-refractivity contribution >= 4 is 22.7 Å². The molecule has 0 aliphatic heterocycles. The van der Waals surface area contributed by atoms with Gasteiger partial charge in [-0.25, -0.2) is 4.79 Å². The van der Waals surface area contributed by atoms with Gasteiger partial charge in [0.2, 0.25) is 5.89 Å². The Morgan fingerprint density at radius 1 is 1.08 bits per heavy atom. The van der Waals surface area contributed by atoms with Crippen LogP contribution < -0.4 is 5.76 Å². The fourth-order valence-corrected chi connectivity index (χ4v) is 2.63. The van der Waals surface area contributed by atoms with Crippen molar-refractivity contribution in [1.82, 2.24) is 14.7 Å². The summed E-state index contributed by atoms with van der Waals surface area (Å²) in [5.74, 6) is 0.459. The van der Waals surface area contributed by atoms with Crippen LogP contribution in [0, 0.1) is 0 Å². The third-order valence-corrected chi connectivity index (χ3v) is 3.90. The van der Waals surface area contributed by atoms with Gasteiger partial charge in [0.05, 0.1) is 18.5 Å². The number of benzene rings is 2. The summed E-state index contributed by atoms with van der Waals surface area (Å²) in [6.07, 6.45) is 0.505. The number of hydrogen-bond acceptors (Lipinski definition) is 5. The second kappa shape index (κ2) is 5.98. The van der Waals surface area contributed by atoms with E-state index < -0.39 is 5.76 Å². The smallest absolute Gasteiger partial charge is 0.408 e. The predicted octanol–water partition coefficient (Wildman–Crippen LogP) is 3.27. The van der Waals surface area contributed by atoms with Crippen molar-refractivity contribution in [1.29, 1.82) is 0 Å². The van der Waals surface area contributed by atoms with E-state index in [4.69, 9.17) is 20.5 Å². The van der Waals surface area contributed by atoms with Gasteiger partial charge in [-0.2, -0.15) is 4.98 Å². The number of para-hydroxylation sites is 2. The van der Waals surface area contributed by atoms with Crippen LogP contribution in [0.1, 0.15) is 17.3 Å². The topological polar surface area (TPSA) is 74.1 Å². The molecule has 2 aromatic carbocycles. The SMILES string of the molecule is O=c1oc2ccccc2n1Cc1noc(Cc2ccc(Cl)cc2)n1. The van der Waals surface area contributed by atoms with E-state index in [1.54, 1.807) is 6.07 Å². The molecule has 0 radical (unpaired) electrons. The van der Waals surface area contributed by atoms with Crippen LogP contribution >= 0.6 is 11.6 Å². The summed E-state index contributed by atoms with van der Waals surface area (Å²) in [5, 5.41) is 4.62. The molecule has 2 aromatic heterocycles. The molecule has 0 N–H and O–H groups in total. The van der Waals surface area contributed by atoms with Crippen LogP contribution in [0.25, 0.3) is 11.1 Å². The van der Waals surface area contributed by atoms with Gasteiger partial charge in [0, 0.05) is 5.02 Å². The quantitative estimate of drug-likeness (QED) is 0.569. The molecule has 0 unspecified atom stereocenters. The molecule has 0 aliphatic carbocycles. The maximum Gasteiger partial charge on any atom is 0.420 e. The normalized spacial score (nSPS) is 11.2. The lowest BCUT2D eigenvalue weighted by molar-refractivity contribution is 0.377. The third kappa shape index (κ3) is 2.83. The highest BCUT2D eigenvalue weighted by Crippen LogP contribution is 2.15. The van der Waals surface area contributed by atoms with Gasteiger partial charge in [0.15, 0.2) is 11.4 Å². The zero-order valence-electron chi connectivity index (χ0n) is 12.5. The molecule has 2 heterocycles. The largest absolute Gasteiger partial charge is 0.420 e. The number of aromatic nitrogens is 3. The summed E-state index contributed by atoms with van der Waals surface area (Å²) in [6, 6.07) is 14.6. The Labute approximate surface area is 141 Å². The zero-order valence-corrected chi connectivity index (χ0v) is 13.2. The number of halogens is 1. The molecule has 0 fully saturated rings. The minimum Gasteiger partial charge on any atom is -0.408 e. The van der Waals surface area contributed by atoms with Crippen LogP contribution in [0.3, 0.4) is 0 Å². The van der Waals surface area contributed by atoms with E-state index >= 15 is 0 Å². The summed E-state index contributed by atoms with van der Waals surface area (Å²) >= 11 is 5.87. The molecule has 7 heteroatoms. The lowest BCUT2D eigenvalue weighted by Crippen LogP contribution is -2.15. The number of oxazole rings is 1. The number of fused-ring (bicyclic) bond motifs is 1. The van der Waals surface area contributed by atoms with Gasteiger partial charge in [0.25, 0.3) is 0 Å². The maximum atomic E-state index is 12.0. The number of hydrogen-bond donors (Lipinski definition) is 0. The molecule has 0 bridgehead atoms. The molecular weight excluding hydrogens is 330 g/mol. The van der Waals surface area contributed by atoms with Crippen LogP contribution in [0.15, 0.2) is 62.3 Å². The molecule has 0 amide bonds. The van der Waals surface area contributed by atoms with Crippen molar-refractivity contribution in [2.24, 2.45) is 0 Å². The second-order valence-corrected chi connectivity index (χ2v) is 5.77. The molecule has 0 aliphatic rings. The monoisotopic (exact) mass is 341 g/mol. The van der Waals surface area contributed by atoms with E-state index in [9.17, 15) is 4.79 Å². The number of nitrogens with zero attached hydrogens (tertiary/aromatic N) is 3. The molecule has 4 rings (SSSR count). The Bertz CT molecular complexity index is 1050. The van der Waals surface area contributed by atoms with Gasteiger partial charge in [-0.1, -0.05) is 41.0 Å². The molecule has 120 valence electrons. The van der Waals surface area contributed by atoms with Crippen molar-refractivity contribution < 1.29 is 8.94 Å². The number of rotatable bonds is 4. The van der Waals surface area contributed by atoms with Gasteiger partial charge in [-0.3, -0.25) is 4.57 Å². The van der Waals surface area contributed by atoms with Crippen LogP contribution in [-0.4, -0.2) is 14.7 Å². The van der Waals surface area contributed by atoms with Crippen molar-refractivity contribution in [3.05, 3.63) is 81.4 Å². The summed E-state index contributed by atoms with van der Waals surface area (Å²) < 4.78 is 11.9. The van der Waals surface area contributed by atoms with Crippen molar-refractivity contribution in [2.75, 3.05) is 0 Å². The average molecular weight is 342 g/mol. The van der Waals surface area contributed by atoms with E-state index in [-0.39, 0.29) is 6.54 Å². The average Bonchev–Trinajstić information content (AvgIpc) is 3.15. The highest BCUT2D eigenvalue weighted by molar-refractivity contribution is 6.30. The molecule has 0 atom stereocenters. The standard InChI is InChI=1S/C17H12ClN3O3/c18-12-7-5-11(6-8-12)9-16-19-15(20-24-16)10-21-13-3-1-2-4-14(13)23-17(21)22/h1-8H,9-10H2. The van der Waals surface area contributed by atoms with Gasteiger partial charge in [-0.15, -0.1) is 0 Å². The minimum absolute atomic E-state index is 0.194. The fourth-order valence-electron chi connectivity index (χ4n) is 2.51. The van der Waals surface area contributed by atoms with Crippen molar-refractivity contribution in [3.63, 3.8) is 0 Å². The van der Waals surface area contributed by atoms with E-state index in [1.165, 1.54) is 4.57 Å². The Hall–Kier alpha value is -2.86. The lowest BCUT2D eigenvalue weighted by atomic mass is 10.1. The third-order valence-electron chi connectivity index (χ3n) is 3.65. The fraction of sp³-hybridized carbons (Fsp3) is 0.118. The van der Waals surface area contributed by atoms with Gasteiger partial charge >= 0.3 is 5.76 Å². The van der Waals surface area contributed by atoms with Crippen LogP contribution in [0.4, 0.5) is 0 Å². The summed E-state index contributed by atoms with van der Waals surface area (Å²) in [6.45, 7) is 0.194. The van der Waals surface area contributed by atoms with Crippen LogP contribution in [0.5, 0.6) is 0 Å². The van der Waals surface area contributed by atoms with E-state index in [1.807, 2.05) is 42.5 Å². The van der Waals surface area contributed by atoms with Crippen molar-refractivity contribution in [3.8, 4) is 0 Å². The first kappa shape index (κ1) is 14.7. The van der Waals surface area contributed by atoms with Crippen molar-refractivity contribution in [2.45, 2.75) is 13.0 Å². The molecule has 0 spiro atoms. The Balaban J connectivity index is 1.57. The Morgan fingerprint density at radius 3 is 2.71 bits per heavy atom.